The minimum Gasteiger partial charge on any atom is -0.310 e. The number of rotatable bonds is 3. The highest BCUT2D eigenvalue weighted by atomic mass is 15.3. The Labute approximate surface area is 91.9 Å². The molecule has 2 rings (SSSR count). The molecule has 1 aliphatic rings. The summed E-state index contributed by atoms with van der Waals surface area (Å²) in [7, 11) is 0. The van der Waals surface area contributed by atoms with Crippen molar-refractivity contribution < 1.29 is 0 Å². The third kappa shape index (κ3) is 2.81. The minimum atomic E-state index is 0.540. The predicted octanol–water partition coefficient (Wildman–Crippen LogP) is 2.50. The summed E-state index contributed by atoms with van der Waals surface area (Å²) in [4.78, 5) is 0. The van der Waals surface area contributed by atoms with Gasteiger partial charge in [0.05, 0.1) is 6.20 Å². The van der Waals surface area contributed by atoms with E-state index in [0.717, 1.165) is 19.5 Å². The van der Waals surface area contributed by atoms with Gasteiger partial charge in [-0.15, -0.1) is 0 Å². The lowest BCUT2D eigenvalue weighted by Gasteiger charge is -2.13. The molecule has 1 unspecified atom stereocenters. The van der Waals surface area contributed by atoms with Crippen LogP contribution in [0.5, 0.6) is 0 Å². The molecule has 0 saturated carbocycles. The van der Waals surface area contributed by atoms with E-state index in [1.54, 1.807) is 0 Å². The maximum atomic E-state index is 4.39. The standard InChI is InChI=1S/C12H21N3/c1-2-8-15-10-11(9-14-15)12-6-4-3-5-7-13-12/h9-10,12-13H,2-8H2,1H3. The lowest BCUT2D eigenvalue weighted by Crippen LogP contribution is -2.19. The summed E-state index contributed by atoms with van der Waals surface area (Å²) >= 11 is 0. The van der Waals surface area contributed by atoms with Crippen LogP contribution < -0.4 is 5.32 Å². The summed E-state index contributed by atoms with van der Waals surface area (Å²) in [5.74, 6) is 0. The first-order chi connectivity index (χ1) is 7.40. The SMILES string of the molecule is CCCn1cc(C2CCCCCN2)cn1. The van der Waals surface area contributed by atoms with E-state index in [4.69, 9.17) is 0 Å². The van der Waals surface area contributed by atoms with E-state index in [2.05, 4.69) is 28.2 Å². The highest BCUT2D eigenvalue weighted by Crippen LogP contribution is 2.21. The van der Waals surface area contributed by atoms with E-state index < -0.39 is 0 Å². The number of nitrogens with one attached hydrogen (secondary N) is 1. The summed E-state index contributed by atoms with van der Waals surface area (Å²) in [5.41, 5.74) is 1.37. The van der Waals surface area contributed by atoms with Gasteiger partial charge in [-0.2, -0.15) is 5.10 Å². The second kappa shape index (κ2) is 5.31. The number of aryl methyl sites for hydroxylation is 1. The zero-order valence-corrected chi connectivity index (χ0v) is 9.58. The van der Waals surface area contributed by atoms with E-state index in [9.17, 15) is 0 Å². The van der Waals surface area contributed by atoms with Crippen molar-refractivity contribution in [2.24, 2.45) is 0 Å². The van der Waals surface area contributed by atoms with E-state index >= 15 is 0 Å². The second-order valence-electron chi connectivity index (χ2n) is 4.39. The molecule has 3 heteroatoms. The van der Waals surface area contributed by atoms with Gasteiger partial charge in [0.1, 0.15) is 0 Å². The number of hydrogen-bond donors (Lipinski definition) is 1. The van der Waals surface area contributed by atoms with Crippen molar-refractivity contribution in [3.8, 4) is 0 Å². The molecule has 0 spiro atoms. The first kappa shape index (κ1) is 10.7. The molecule has 84 valence electrons. The van der Waals surface area contributed by atoms with Gasteiger partial charge in [0, 0.05) is 24.3 Å². The van der Waals surface area contributed by atoms with Gasteiger partial charge in [-0.3, -0.25) is 4.68 Å². The first-order valence-electron chi connectivity index (χ1n) is 6.16. The summed E-state index contributed by atoms with van der Waals surface area (Å²) in [6, 6.07) is 0.540. The molecule has 1 aromatic rings. The quantitative estimate of drug-likeness (QED) is 0.825. The summed E-state index contributed by atoms with van der Waals surface area (Å²) in [6.45, 7) is 4.38. The molecule has 2 heterocycles. The molecule has 3 nitrogen and oxygen atoms in total. The Kier molecular flexibility index (Phi) is 3.78. The van der Waals surface area contributed by atoms with Crippen LogP contribution in [0.4, 0.5) is 0 Å². The van der Waals surface area contributed by atoms with Crippen molar-refractivity contribution in [3.63, 3.8) is 0 Å². The monoisotopic (exact) mass is 207 g/mol. The maximum absolute atomic E-state index is 4.39. The number of nitrogens with zero attached hydrogens (tertiary/aromatic N) is 2. The van der Waals surface area contributed by atoms with Crippen molar-refractivity contribution in [3.05, 3.63) is 18.0 Å². The summed E-state index contributed by atoms with van der Waals surface area (Å²) < 4.78 is 2.06. The van der Waals surface area contributed by atoms with Gasteiger partial charge in [-0.1, -0.05) is 19.8 Å². The smallest absolute Gasteiger partial charge is 0.0537 e. The Morgan fingerprint density at radius 1 is 1.47 bits per heavy atom. The number of aromatic nitrogens is 2. The van der Waals surface area contributed by atoms with Crippen LogP contribution >= 0.6 is 0 Å². The van der Waals surface area contributed by atoms with Gasteiger partial charge < -0.3 is 5.32 Å². The fourth-order valence-electron chi connectivity index (χ4n) is 2.22. The molecule has 0 amide bonds. The van der Waals surface area contributed by atoms with Crippen molar-refractivity contribution >= 4 is 0 Å². The van der Waals surface area contributed by atoms with E-state index in [-0.39, 0.29) is 0 Å². The predicted molar refractivity (Wildman–Crippen MR) is 61.7 cm³/mol. The van der Waals surface area contributed by atoms with E-state index in [1.807, 2.05) is 6.20 Å². The van der Waals surface area contributed by atoms with Gasteiger partial charge in [0.2, 0.25) is 0 Å². The molecule has 1 aromatic heterocycles. The average Bonchev–Trinajstić information content (AvgIpc) is 2.53. The fourth-order valence-corrected chi connectivity index (χ4v) is 2.22. The van der Waals surface area contributed by atoms with Crippen molar-refractivity contribution in [1.82, 2.24) is 15.1 Å². The minimum absolute atomic E-state index is 0.540. The molecule has 1 fully saturated rings. The Hall–Kier alpha value is -0.830. The largest absolute Gasteiger partial charge is 0.310 e. The molecular weight excluding hydrogens is 186 g/mol. The van der Waals surface area contributed by atoms with Crippen LogP contribution in [0.15, 0.2) is 12.4 Å². The second-order valence-corrected chi connectivity index (χ2v) is 4.39. The molecule has 1 aliphatic heterocycles. The van der Waals surface area contributed by atoms with Crippen molar-refractivity contribution in [2.75, 3.05) is 6.54 Å². The molecule has 1 saturated heterocycles. The highest BCUT2D eigenvalue weighted by Gasteiger charge is 2.14. The average molecular weight is 207 g/mol. The molecule has 0 radical (unpaired) electrons. The summed E-state index contributed by atoms with van der Waals surface area (Å²) in [6.07, 6.45) is 10.7. The van der Waals surface area contributed by atoms with Crippen molar-refractivity contribution in [1.29, 1.82) is 0 Å². The third-order valence-corrected chi connectivity index (χ3v) is 3.07. The summed E-state index contributed by atoms with van der Waals surface area (Å²) in [5, 5.41) is 7.99. The molecule has 0 aromatic carbocycles. The zero-order valence-electron chi connectivity index (χ0n) is 9.58. The molecule has 0 aliphatic carbocycles. The van der Waals surface area contributed by atoms with Crippen LogP contribution in [0.1, 0.15) is 50.6 Å². The third-order valence-electron chi connectivity index (χ3n) is 3.07. The number of hydrogen-bond acceptors (Lipinski definition) is 2. The topological polar surface area (TPSA) is 29.9 Å². The van der Waals surface area contributed by atoms with Crippen LogP contribution in [0.2, 0.25) is 0 Å². The zero-order chi connectivity index (χ0) is 10.5. The molecule has 15 heavy (non-hydrogen) atoms. The van der Waals surface area contributed by atoms with Gasteiger partial charge in [0.25, 0.3) is 0 Å². The van der Waals surface area contributed by atoms with Gasteiger partial charge in [-0.25, -0.2) is 0 Å². The van der Waals surface area contributed by atoms with Crippen LogP contribution in [-0.4, -0.2) is 16.3 Å². The van der Waals surface area contributed by atoms with E-state index in [1.165, 1.54) is 31.2 Å². The van der Waals surface area contributed by atoms with Gasteiger partial charge >= 0.3 is 0 Å². The normalized spacial score (nSPS) is 22.6. The van der Waals surface area contributed by atoms with Crippen LogP contribution in [0.3, 0.4) is 0 Å². The lowest BCUT2D eigenvalue weighted by atomic mass is 10.1. The van der Waals surface area contributed by atoms with Crippen molar-refractivity contribution in [2.45, 2.75) is 51.6 Å². The van der Waals surface area contributed by atoms with Crippen LogP contribution in [-0.2, 0) is 6.54 Å². The van der Waals surface area contributed by atoms with Crippen LogP contribution in [0.25, 0.3) is 0 Å². The maximum Gasteiger partial charge on any atom is 0.0537 e. The van der Waals surface area contributed by atoms with E-state index in [0.29, 0.717) is 6.04 Å². The Morgan fingerprint density at radius 2 is 2.40 bits per heavy atom. The molecule has 0 bridgehead atoms. The Balaban J connectivity index is 2.00. The van der Waals surface area contributed by atoms with Crippen LogP contribution in [0, 0.1) is 0 Å². The fraction of sp³-hybridized carbons (Fsp3) is 0.750. The van der Waals surface area contributed by atoms with Gasteiger partial charge in [-0.05, 0) is 25.8 Å². The van der Waals surface area contributed by atoms with Gasteiger partial charge in [0.15, 0.2) is 0 Å². The lowest BCUT2D eigenvalue weighted by molar-refractivity contribution is 0.532. The molecule has 1 N–H and O–H groups in total. The Morgan fingerprint density at radius 3 is 3.27 bits per heavy atom. The first-order valence-corrected chi connectivity index (χ1v) is 6.16. The highest BCUT2D eigenvalue weighted by molar-refractivity contribution is 5.10. The Bertz CT molecular complexity index is 285. The molecule has 1 atom stereocenters. The molecular formula is C12H21N3.